The molecule has 2 N–H and O–H groups in total. The first-order chi connectivity index (χ1) is 15.9. The second-order valence-electron chi connectivity index (χ2n) is 8.65. The molecule has 2 heterocycles. The number of carbonyl (C=O) groups is 1. The molecule has 4 rings (SSSR count). The first-order valence-electron chi connectivity index (χ1n) is 11.5. The van der Waals surface area contributed by atoms with Gasteiger partial charge in [-0.25, -0.2) is 13.4 Å². The number of amides is 1. The Morgan fingerprint density at radius 3 is 2.79 bits per heavy atom. The topological polar surface area (TPSA) is 110 Å². The molecule has 1 saturated carbocycles. The van der Waals surface area contributed by atoms with Crippen LogP contribution in [-0.4, -0.2) is 37.3 Å². The van der Waals surface area contributed by atoms with Crippen LogP contribution in [0, 0.1) is 5.92 Å². The Hall–Kier alpha value is -2.94. The number of rotatable bonds is 8. The van der Waals surface area contributed by atoms with Crippen molar-refractivity contribution in [3.8, 4) is 5.88 Å². The highest BCUT2D eigenvalue weighted by Crippen LogP contribution is 2.25. The van der Waals surface area contributed by atoms with Crippen LogP contribution in [0.2, 0.25) is 0 Å². The van der Waals surface area contributed by atoms with Crippen molar-refractivity contribution in [1.29, 1.82) is 0 Å². The number of hydrogen-bond acceptors (Lipinski definition) is 6. The van der Waals surface area contributed by atoms with Crippen molar-refractivity contribution < 1.29 is 17.9 Å². The Kier molecular flexibility index (Phi) is 6.97. The van der Waals surface area contributed by atoms with Crippen molar-refractivity contribution in [2.75, 3.05) is 0 Å². The fraction of sp³-hybridized carbons (Fsp3) is 0.458. The molecule has 1 amide bonds. The van der Waals surface area contributed by atoms with Gasteiger partial charge in [0.15, 0.2) is 0 Å². The van der Waals surface area contributed by atoms with Crippen LogP contribution in [-0.2, 0) is 21.4 Å². The van der Waals surface area contributed by atoms with Gasteiger partial charge in [-0.2, -0.15) is 0 Å². The monoisotopic (exact) mass is 470 g/mol. The van der Waals surface area contributed by atoms with Gasteiger partial charge in [-0.1, -0.05) is 32.4 Å². The molecule has 33 heavy (non-hydrogen) atoms. The minimum atomic E-state index is -3.66. The van der Waals surface area contributed by atoms with Gasteiger partial charge in [0.05, 0.1) is 4.90 Å². The molecule has 0 spiro atoms. The maximum absolute atomic E-state index is 13.1. The van der Waals surface area contributed by atoms with E-state index in [-0.39, 0.29) is 28.7 Å². The summed E-state index contributed by atoms with van der Waals surface area (Å²) in [6.45, 7) is 4.22. The number of hydrogen-bond donors (Lipinski definition) is 2. The molecule has 2 atom stereocenters. The summed E-state index contributed by atoms with van der Waals surface area (Å²) in [6, 6.07) is 9.61. The van der Waals surface area contributed by atoms with Crippen LogP contribution in [0.5, 0.6) is 5.88 Å². The molecule has 8 nitrogen and oxygen atoms in total. The zero-order chi connectivity index (χ0) is 23.4. The maximum atomic E-state index is 13.1. The van der Waals surface area contributed by atoms with E-state index in [9.17, 15) is 13.2 Å². The second-order valence-corrected chi connectivity index (χ2v) is 10.3. The molecule has 1 fully saturated rings. The van der Waals surface area contributed by atoms with Crippen molar-refractivity contribution in [2.45, 2.75) is 69.5 Å². The number of amidine groups is 1. The van der Waals surface area contributed by atoms with Gasteiger partial charge in [0, 0.05) is 24.4 Å². The quantitative estimate of drug-likeness (QED) is 0.616. The normalized spacial score (nSPS) is 20.1. The molecule has 176 valence electrons. The molecular weight excluding hydrogens is 440 g/mol. The molecule has 9 heteroatoms. The fourth-order valence-electron chi connectivity index (χ4n) is 4.13. The van der Waals surface area contributed by atoms with Gasteiger partial charge in [0.2, 0.25) is 11.8 Å². The van der Waals surface area contributed by atoms with Gasteiger partial charge in [-0.15, -0.1) is 0 Å². The van der Waals surface area contributed by atoms with Crippen LogP contribution >= 0.6 is 0 Å². The summed E-state index contributed by atoms with van der Waals surface area (Å²) in [5, 5.41) is 2.95. The molecule has 1 aromatic carbocycles. The lowest BCUT2D eigenvalue weighted by Crippen LogP contribution is -2.38. The Labute approximate surface area is 194 Å². The summed E-state index contributed by atoms with van der Waals surface area (Å²) in [6.07, 6.45) is 7.08. The van der Waals surface area contributed by atoms with Crippen LogP contribution in [0.4, 0.5) is 0 Å². The lowest BCUT2D eigenvalue weighted by atomic mass is 9.98. The molecule has 0 saturated heterocycles. The van der Waals surface area contributed by atoms with Crippen LogP contribution < -0.4 is 14.8 Å². The summed E-state index contributed by atoms with van der Waals surface area (Å²) in [4.78, 5) is 22.1. The number of fused-ring (bicyclic) bond motifs is 1. The largest absolute Gasteiger partial charge is 0.474 e. The Morgan fingerprint density at radius 2 is 2.03 bits per heavy atom. The highest BCUT2D eigenvalue weighted by molar-refractivity contribution is 7.90. The zero-order valence-electron chi connectivity index (χ0n) is 19.0. The highest BCUT2D eigenvalue weighted by Gasteiger charge is 2.33. The minimum Gasteiger partial charge on any atom is -0.474 e. The fourth-order valence-corrected chi connectivity index (χ4v) is 5.37. The van der Waals surface area contributed by atoms with Gasteiger partial charge in [-0.05, 0) is 55.4 Å². The number of sulfonamides is 1. The lowest BCUT2D eigenvalue weighted by Gasteiger charge is -2.19. The first-order valence-corrected chi connectivity index (χ1v) is 12.9. The molecule has 2 aromatic rings. The Bertz CT molecular complexity index is 1140. The minimum absolute atomic E-state index is 0.0755. The number of aromatic nitrogens is 1. The van der Waals surface area contributed by atoms with E-state index in [1.165, 1.54) is 18.9 Å². The maximum Gasteiger partial charge on any atom is 0.263 e. The SMILES string of the molecule is CC[C@H](C)[C@H](N=C1NS(=O)(=O)c2ccccc21)C(=O)NCc1ccnc(OC2CCCC2)c1. The van der Waals surface area contributed by atoms with Crippen molar-refractivity contribution >= 4 is 21.8 Å². The summed E-state index contributed by atoms with van der Waals surface area (Å²) >= 11 is 0. The number of aliphatic imine (C=N–C) groups is 1. The van der Waals surface area contributed by atoms with Gasteiger partial charge >= 0.3 is 0 Å². The van der Waals surface area contributed by atoms with Gasteiger partial charge in [0.25, 0.3) is 10.0 Å². The third-order valence-corrected chi connectivity index (χ3v) is 7.64. The lowest BCUT2D eigenvalue weighted by molar-refractivity contribution is -0.123. The number of ether oxygens (including phenoxy) is 1. The van der Waals surface area contributed by atoms with E-state index in [4.69, 9.17) is 4.74 Å². The zero-order valence-corrected chi connectivity index (χ0v) is 19.8. The molecular formula is C24H30N4O4S. The summed E-state index contributed by atoms with van der Waals surface area (Å²) in [5.74, 6) is 0.454. The predicted molar refractivity (Wildman–Crippen MR) is 126 cm³/mol. The van der Waals surface area contributed by atoms with Crippen LogP contribution in [0.1, 0.15) is 57.1 Å². The van der Waals surface area contributed by atoms with E-state index in [1.807, 2.05) is 26.0 Å². The number of nitrogens with zero attached hydrogens (tertiary/aromatic N) is 2. The first kappa shape index (κ1) is 23.2. The van der Waals surface area contributed by atoms with E-state index >= 15 is 0 Å². The Balaban J connectivity index is 1.48. The Morgan fingerprint density at radius 1 is 1.27 bits per heavy atom. The number of carbonyl (C=O) groups excluding carboxylic acids is 1. The molecule has 1 aliphatic heterocycles. The van der Waals surface area contributed by atoms with E-state index in [2.05, 4.69) is 20.0 Å². The van der Waals surface area contributed by atoms with E-state index < -0.39 is 16.1 Å². The van der Waals surface area contributed by atoms with Crippen LogP contribution in [0.25, 0.3) is 0 Å². The van der Waals surface area contributed by atoms with E-state index in [1.54, 1.807) is 24.4 Å². The number of pyridine rings is 1. The third kappa shape index (κ3) is 5.35. The molecule has 0 radical (unpaired) electrons. The molecule has 1 aromatic heterocycles. The standard InChI is InChI=1S/C24H30N4O4S/c1-3-16(2)22(27-23-19-10-6-7-11-20(19)33(30,31)28-23)24(29)26-15-17-12-13-25-21(14-17)32-18-8-4-5-9-18/h6-7,10-14,16,18,22H,3-5,8-9,15H2,1-2H3,(H,26,29)(H,27,28)/t16-,22-/m0/s1. The van der Waals surface area contributed by atoms with Crippen molar-refractivity contribution in [3.05, 3.63) is 53.7 Å². The van der Waals surface area contributed by atoms with Gasteiger partial charge in [0.1, 0.15) is 18.0 Å². The summed E-state index contributed by atoms with van der Waals surface area (Å²) in [5.41, 5.74) is 1.37. The van der Waals surface area contributed by atoms with Crippen LogP contribution in [0.15, 0.2) is 52.5 Å². The van der Waals surface area contributed by atoms with E-state index in [0.717, 1.165) is 24.8 Å². The number of nitrogens with one attached hydrogen (secondary N) is 2. The average molecular weight is 471 g/mol. The third-order valence-electron chi connectivity index (χ3n) is 6.24. The highest BCUT2D eigenvalue weighted by atomic mass is 32.2. The molecule has 2 aliphatic rings. The molecule has 1 aliphatic carbocycles. The average Bonchev–Trinajstić information content (AvgIpc) is 3.41. The van der Waals surface area contributed by atoms with Crippen LogP contribution in [0.3, 0.4) is 0 Å². The van der Waals surface area contributed by atoms with Crippen molar-refractivity contribution in [3.63, 3.8) is 0 Å². The predicted octanol–water partition coefficient (Wildman–Crippen LogP) is 3.17. The van der Waals surface area contributed by atoms with Crippen molar-refractivity contribution in [1.82, 2.24) is 15.0 Å². The summed E-state index contributed by atoms with van der Waals surface area (Å²) < 4.78 is 33.3. The molecule has 0 bridgehead atoms. The molecule has 0 unspecified atom stereocenters. The van der Waals surface area contributed by atoms with Gasteiger partial charge in [-0.3, -0.25) is 14.5 Å². The summed E-state index contributed by atoms with van der Waals surface area (Å²) in [7, 11) is -3.66. The van der Waals surface area contributed by atoms with Crippen molar-refractivity contribution in [2.24, 2.45) is 10.9 Å². The van der Waals surface area contributed by atoms with E-state index in [0.29, 0.717) is 18.0 Å². The number of benzene rings is 1. The second kappa shape index (κ2) is 9.91. The smallest absolute Gasteiger partial charge is 0.263 e. The van der Waals surface area contributed by atoms with Gasteiger partial charge < -0.3 is 10.1 Å².